The quantitative estimate of drug-likeness (QED) is 0.276. The Balaban J connectivity index is 1.69. The second-order valence-corrected chi connectivity index (χ2v) is 7.10. The molecule has 148 valence electrons. The summed E-state index contributed by atoms with van der Waals surface area (Å²) in [6, 6.07) is 18.5. The molecule has 0 radical (unpaired) electrons. The Morgan fingerprint density at radius 2 is 1.83 bits per heavy atom. The molecule has 0 spiro atoms. The first-order chi connectivity index (χ1) is 14.1. The number of hydrogen-bond donors (Lipinski definition) is 0. The summed E-state index contributed by atoms with van der Waals surface area (Å²) in [5.41, 5.74) is 1.83. The van der Waals surface area contributed by atoms with Crippen LogP contribution in [-0.2, 0) is 11.3 Å². The molecule has 29 heavy (non-hydrogen) atoms. The maximum absolute atomic E-state index is 11.8. The molecule has 0 aliphatic rings. The summed E-state index contributed by atoms with van der Waals surface area (Å²) in [5.74, 6) is 0.179. The number of carbonyl (C=O) groups is 1. The lowest BCUT2D eigenvalue weighted by atomic mass is 10.2. The van der Waals surface area contributed by atoms with Gasteiger partial charge in [0.1, 0.15) is 22.1 Å². The molecule has 0 N–H and O–H groups in total. The van der Waals surface area contributed by atoms with Gasteiger partial charge in [-0.2, -0.15) is 0 Å². The molecule has 0 amide bonds. The van der Waals surface area contributed by atoms with E-state index in [1.54, 1.807) is 19.1 Å². The molecule has 2 aromatic carbocycles. The molecule has 1 aromatic heterocycles. The number of hydrogen-bond acceptors (Lipinski definition) is 6. The minimum absolute atomic E-state index is 0.114. The van der Waals surface area contributed by atoms with E-state index in [1.165, 1.54) is 6.07 Å². The van der Waals surface area contributed by atoms with Crippen molar-refractivity contribution in [1.29, 1.82) is 0 Å². The Kier molecular flexibility index (Phi) is 6.76. The topological polar surface area (TPSA) is 78.7 Å². The van der Waals surface area contributed by atoms with E-state index in [9.17, 15) is 14.9 Å². The smallest absolute Gasteiger partial charge is 0.348 e. The summed E-state index contributed by atoms with van der Waals surface area (Å²) in [7, 11) is 0. The summed E-state index contributed by atoms with van der Waals surface area (Å²) in [6.07, 6.45) is 3.39. The van der Waals surface area contributed by atoms with Gasteiger partial charge in [0.2, 0.25) is 0 Å². The third-order valence-corrected chi connectivity index (χ3v) is 5.04. The number of nitro groups is 1. The van der Waals surface area contributed by atoms with Crippen molar-refractivity contribution >= 4 is 35.1 Å². The van der Waals surface area contributed by atoms with Crippen molar-refractivity contribution < 1.29 is 19.2 Å². The summed E-state index contributed by atoms with van der Waals surface area (Å²) in [6.45, 7) is 2.39. The molecule has 7 heteroatoms. The Morgan fingerprint density at radius 3 is 2.48 bits per heavy atom. The van der Waals surface area contributed by atoms with Crippen molar-refractivity contribution in [3.05, 3.63) is 91.7 Å². The Bertz CT molecular complexity index is 1010. The van der Waals surface area contributed by atoms with Gasteiger partial charge in [-0.05, 0) is 36.3 Å². The fourth-order valence-corrected chi connectivity index (χ4v) is 3.47. The zero-order chi connectivity index (χ0) is 20.6. The number of nitrogens with zero attached hydrogens (tertiary/aromatic N) is 1. The van der Waals surface area contributed by atoms with E-state index in [-0.39, 0.29) is 17.2 Å². The highest BCUT2D eigenvalue weighted by molar-refractivity contribution is 7.15. The van der Waals surface area contributed by atoms with Crippen LogP contribution in [0.3, 0.4) is 0 Å². The number of thiophene rings is 1. The van der Waals surface area contributed by atoms with Gasteiger partial charge < -0.3 is 9.47 Å². The molecule has 0 atom stereocenters. The van der Waals surface area contributed by atoms with Crippen LogP contribution in [0.5, 0.6) is 5.75 Å². The van der Waals surface area contributed by atoms with E-state index in [1.807, 2.05) is 54.6 Å². The van der Waals surface area contributed by atoms with E-state index in [4.69, 9.17) is 9.47 Å². The minimum atomic E-state index is -0.555. The number of rotatable bonds is 8. The van der Waals surface area contributed by atoms with Crippen molar-refractivity contribution in [3.8, 4) is 5.75 Å². The zero-order valence-corrected chi connectivity index (χ0v) is 16.6. The maximum atomic E-state index is 11.8. The van der Waals surface area contributed by atoms with Gasteiger partial charge in [-0.1, -0.05) is 48.5 Å². The first kappa shape index (κ1) is 20.3. The van der Waals surface area contributed by atoms with Crippen molar-refractivity contribution in [2.24, 2.45) is 0 Å². The summed E-state index contributed by atoms with van der Waals surface area (Å²) < 4.78 is 10.7. The molecule has 6 nitrogen and oxygen atoms in total. The molecule has 0 bridgehead atoms. The van der Waals surface area contributed by atoms with Gasteiger partial charge in [0.15, 0.2) is 0 Å². The molecule has 3 aromatic rings. The third kappa shape index (κ3) is 5.52. The van der Waals surface area contributed by atoms with Gasteiger partial charge in [0.05, 0.1) is 11.5 Å². The third-order valence-electron chi connectivity index (χ3n) is 3.97. The first-order valence-electron chi connectivity index (χ1n) is 8.97. The largest absolute Gasteiger partial charge is 0.489 e. The lowest BCUT2D eigenvalue weighted by molar-refractivity contribution is -0.384. The molecule has 0 unspecified atom stereocenters. The van der Waals surface area contributed by atoms with Gasteiger partial charge in [-0.15, -0.1) is 11.3 Å². The van der Waals surface area contributed by atoms with E-state index >= 15 is 0 Å². The van der Waals surface area contributed by atoms with Crippen LogP contribution in [0.2, 0.25) is 0 Å². The van der Waals surface area contributed by atoms with Crippen LogP contribution in [-0.4, -0.2) is 17.5 Å². The van der Waals surface area contributed by atoms with Crippen LogP contribution in [0.15, 0.2) is 60.7 Å². The van der Waals surface area contributed by atoms with Crippen molar-refractivity contribution in [1.82, 2.24) is 0 Å². The van der Waals surface area contributed by atoms with E-state index in [0.29, 0.717) is 11.5 Å². The average Bonchev–Trinajstić information content (AvgIpc) is 3.17. The minimum Gasteiger partial charge on any atom is -0.489 e. The van der Waals surface area contributed by atoms with Crippen LogP contribution in [0.25, 0.3) is 12.2 Å². The molecule has 1 heterocycles. The zero-order valence-electron chi connectivity index (χ0n) is 15.7. The highest BCUT2D eigenvalue weighted by atomic mass is 32.1. The van der Waals surface area contributed by atoms with E-state index in [2.05, 4.69) is 0 Å². The predicted molar refractivity (Wildman–Crippen MR) is 113 cm³/mol. The first-order valence-corrected chi connectivity index (χ1v) is 9.78. The second kappa shape index (κ2) is 9.66. The van der Waals surface area contributed by atoms with Crippen molar-refractivity contribution in [3.63, 3.8) is 0 Å². The maximum Gasteiger partial charge on any atom is 0.348 e. The molecule has 0 saturated heterocycles. The SMILES string of the molecule is CCOC(=O)c1cc([N+](=O)[O-])c(C=Cc2ccc(OCc3ccccc3)cc2)s1. The summed E-state index contributed by atoms with van der Waals surface area (Å²) in [5, 5.41) is 11.3. The molecule has 0 fully saturated rings. The van der Waals surface area contributed by atoms with Gasteiger partial charge in [0, 0.05) is 6.07 Å². The van der Waals surface area contributed by atoms with Gasteiger partial charge in [-0.3, -0.25) is 10.1 Å². The van der Waals surface area contributed by atoms with Gasteiger partial charge in [-0.25, -0.2) is 4.79 Å². The Labute approximate surface area is 172 Å². The molecule has 0 saturated carbocycles. The van der Waals surface area contributed by atoms with Crippen LogP contribution < -0.4 is 4.74 Å². The van der Waals surface area contributed by atoms with Crippen molar-refractivity contribution in [2.75, 3.05) is 6.61 Å². The summed E-state index contributed by atoms with van der Waals surface area (Å²) >= 11 is 1.04. The number of carbonyl (C=O) groups excluding carboxylic acids is 1. The van der Waals surface area contributed by atoms with Gasteiger partial charge >= 0.3 is 5.97 Å². The molecule has 0 aliphatic heterocycles. The lowest BCUT2D eigenvalue weighted by Gasteiger charge is -2.06. The van der Waals surface area contributed by atoms with Crippen LogP contribution in [0, 0.1) is 10.1 Å². The second-order valence-electron chi connectivity index (χ2n) is 6.01. The normalized spacial score (nSPS) is 10.8. The highest BCUT2D eigenvalue weighted by Gasteiger charge is 2.21. The molecular formula is C22H19NO5S. The van der Waals surface area contributed by atoms with Gasteiger partial charge in [0.25, 0.3) is 5.69 Å². The highest BCUT2D eigenvalue weighted by Crippen LogP contribution is 2.31. The van der Waals surface area contributed by atoms with Crippen LogP contribution in [0.4, 0.5) is 5.69 Å². The number of esters is 1. The molecular weight excluding hydrogens is 390 g/mol. The van der Waals surface area contributed by atoms with E-state index in [0.717, 1.165) is 28.2 Å². The monoisotopic (exact) mass is 409 g/mol. The van der Waals surface area contributed by atoms with Crippen molar-refractivity contribution in [2.45, 2.75) is 13.5 Å². The molecule has 3 rings (SSSR count). The number of benzene rings is 2. The average molecular weight is 409 g/mol. The Morgan fingerprint density at radius 1 is 1.10 bits per heavy atom. The van der Waals surface area contributed by atoms with Crippen LogP contribution in [0.1, 0.15) is 32.6 Å². The van der Waals surface area contributed by atoms with Crippen LogP contribution >= 0.6 is 11.3 Å². The lowest BCUT2D eigenvalue weighted by Crippen LogP contribution is -2.01. The fourth-order valence-electron chi connectivity index (χ4n) is 2.55. The molecule has 0 aliphatic carbocycles. The Hall–Kier alpha value is -3.45. The summed E-state index contributed by atoms with van der Waals surface area (Å²) in [4.78, 5) is 23.2. The number of ether oxygens (including phenoxy) is 2. The van der Waals surface area contributed by atoms with E-state index < -0.39 is 10.9 Å². The fraction of sp³-hybridized carbons (Fsp3) is 0.136. The predicted octanol–water partition coefficient (Wildman–Crippen LogP) is 5.58. The standard InChI is InChI=1S/C22H19NO5S/c1-2-27-22(24)21-14-19(23(25)26)20(29-21)13-10-16-8-11-18(12-9-16)28-15-17-6-4-3-5-7-17/h3-14H,2,15H2,1H3.